The number of aromatic amines is 1. The molecule has 1 atom stereocenters. The van der Waals surface area contributed by atoms with Crippen LogP contribution in [0.1, 0.15) is 13.3 Å². The van der Waals surface area contributed by atoms with Crippen LogP contribution < -0.4 is 5.56 Å². The van der Waals surface area contributed by atoms with Gasteiger partial charge >= 0.3 is 5.97 Å². The third-order valence-corrected chi connectivity index (χ3v) is 3.49. The Morgan fingerprint density at radius 2 is 2.23 bits per heavy atom. The van der Waals surface area contributed by atoms with E-state index in [0.717, 1.165) is 0 Å². The summed E-state index contributed by atoms with van der Waals surface area (Å²) in [6.45, 7) is 1.70. The maximum atomic E-state index is 11.7. The number of nitrogens with one attached hydrogen (secondary N) is 1. The molecule has 0 amide bonds. The number of H-pyrrole nitrogens is 1. The molecule has 0 saturated heterocycles. The maximum Gasteiger partial charge on any atom is 0.304 e. The van der Waals surface area contributed by atoms with Crippen molar-refractivity contribution in [2.24, 2.45) is 10.9 Å². The second-order valence-corrected chi connectivity index (χ2v) is 5.26. The number of carboxylic acid groups (broad SMARTS) is 1. The molecular weight excluding hydrogens is 308 g/mol. The number of nitrogens with zero attached hydrogens (tertiary/aromatic N) is 1. The molecule has 0 bridgehead atoms. The number of benzene rings is 1. The van der Waals surface area contributed by atoms with Gasteiger partial charge in [-0.2, -0.15) is 0 Å². The highest BCUT2D eigenvalue weighted by Gasteiger charge is 2.16. The Morgan fingerprint density at radius 3 is 2.86 bits per heavy atom. The number of hydrogen-bond donors (Lipinski definition) is 2. The van der Waals surface area contributed by atoms with Crippen molar-refractivity contribution in [2.45, 2.75) is 13.3 Å². The Labute approximate surface area is 131 Å². The van der Waals surface area contributed by atoms with E-state index in [1.54, 1.807) is 19.1 Å². The third kappa shape index (κ3) is 3.46. The molecule has 0 saturated carbocycles. The number of carboxylic acids is 1. The first-order chi connectivity index (χ1) is 10.4. The Morgan fingerprint density at radius 1 is 1.50 bits per heavy atom. The van der Waals surface area contributed by atoms with E-state index < -0.39 is 11.9 Å². The minimum absolute atomic E-state index is 0.0997. The lowest BCUT2D eigenvalue weighted by Crippen LogP contribution is -2.16. The van der Waals surface area contributed by atoms with Crippen molar-refractivity contribution in [3.8, 4) is 0 Å². The van der Waals surface area contributed by atoms with Crippen LogP contribution in [0, 0.1) is 5.92 Å². The van der Waals surface area contributed by atoms with Crippen molar-refractivity contribution in [2.75, 3.05) is 7.11 Å². The van der Waals surface area contributed by atoms with Crippen molar-refractivity contribution in [3.63, 3.8) is 0 Å². The monoisotopic (exact) mass is 322 g/mol. The molecular formula is C15H15ClN2O4. The van der Waals surface area contributed by atoms with Crippen LogP contribution >= 0.6 is 11.6 Å². The quantitative estimate of drug-likeness (QED) is 0.668. The lowest BCUT2D eigenvalue weighted by atomic mass is 10.1. The lowest BCUT2D eigenvalue weighted by molar-refractivity contribution is -0.137. The van der Waals surface area contributed by atoms with Gasteiger partial charge in [0.25, 0.3) is 5.56 Å². The first-order valence-electron chi connectivity index (χ1n) is 6.57. The molecule has 0 spiro atoms. The zero-order chi connectivity index (χ0) is 16.3. The third-order valence-electron chi connectivity index (χ3n) is 3.18. The molecule has 22 heavy (non-hydrogen) atoms. The summed E-state index contributed by atoms with van der Waals surface area (Å²) in [6, 6.07) is 4.93. The topological polar surface area (TPSA) is 91.8 Å². The van der Waals surface area contributed by atoms with Gasteiger partial charge in [0.1, 0.15) is 0 Å². The van der Waals surface area contributed by atoms with Crippen LogP contribution in [0.4, 0.5) is 5.69 Å². The number of carbonyl (C=O) groups is 1. The van der Waals surface area contributed by atoms with E-state index in [1.807, 2.05) is 0 Å². The normalized spacial score (nSPS) is 13.1. The number of aliphatic carboxylic acids is 1. The number of pyridine rings is 1. The second-order valence-electron chi connectivity index (χ2n) is 4.85. The van der Waals surface area contributed by atoms with E-state index in [1.165, 1.54) is 19.4 Å². The SMILES string of the molecule is COC(=Nc1cc2cc[nH]c(=O)c2cc1Cl)[C@H](C)CC(=O)O. The Hall–Kier alpha value is -2.34. The molecule has 116 valence electrons. The van der Waals surface area contributed by atoms with E-state index in [4.69, 9.17) is 21.4 Å². The summed E-state index contributed by atoms with van der Waals surface area (Å²) in [4.78, 5) is 29.4. The summed E-state index contributed by atoms with van der Waals surface area (Å²) in [5.74, 6) is -1.06. The van der Waals surface area contributed by atoms with E-state index in [9.17, 15) is 9.59 Å². The van der Waals surface area contributed by atoms with Gasteiger partial charge in [-0.1, -0.05) is 18.5 Å². The van der Waals surface area contributed by atoms with Gasteiger partial charge in [-0.3, -0.25) is 9.59 Å². The van der Waals surface area contributed by atoms with Crippen molar-refractivity contribution >= 4 is 39.9 Å². The van der Waals surface area contributed by atoms with Gasteiger partial charge < -0.3 is 14.8 Å². The average molecular weight is 323 g/mol. The van der Waals surface area contributed by atoms with Crippen LogP contribution in [-0.4, -0.2) is 29.1 Å². The molecule has 2 N–H and O–H groups in total. The highest BCUT2D eigenvalue weighted by Crippen LogP contribution is 2.30. The number of hydrogen-bond acceptors (Lipinski definition) is 4. The van der Waals surface area contributed by atoms with Crippen LogP contribution in [0.2, 0.25) is 5.02 Å². The molecule has 2 aromatic rings. The van der Waals surface area contributed by atoms with E-state index in [0.29, 0.717) is 21.5 Å². The first-order valence-corrected chi connectivity index (χ1v) is 6.95. The summed E-state index contributed by atoms with van der Waals surface area (Å²) in [5, 5.41) is 10.3. The predicted octanol–water partition coefficient (Wildman–Crippen LogP) is 2.97. The first kappa shape index (κ1) is 16.0. The molecule has 6 nitrogen and oxygen atoms in total. The Bertz CT molecular complexity index is 798. The average Bonchev–Trinajstić information content (AvgIpc) is 2.45. The fourth-order valence-corrected chi connectivity index (χ4v) is 2.31. The van der Waals surface area contributed by atoms with Crippen LogP contribution in [-0.2, 0) is 9.53 Å². The molecule has 0 fully saturated rings. The fourth-order valence-electron chi connectivity index (χ4n) is 2.11. The molecule has 0 aliphatic rings. The maximum absolute atomic E-state index is 11.7. The summed E-state index contributed by atoms with van der Waals surface area (Å²) in [6.07, 6.45) is 1.44. The van der Waals surface area contributed by atoms with Crippen molar-refractivity contribution in [1.82, 2.24) is 4.98 Å². The number of methoxy groups -OCH3 is 1. The molecule has 1 aromatic carbocycles. The molecule has 2 rings (SSSR count). The fraction of sp³-hybridized carbons (Fsp3) is 0.267. The van der Waals surface area contributed by atoms with E-state index in [2.05, 4.69) is 9.98 Å². The van der Waals surface area contributed by atoms with Gasteiger partial charge in [0.15, 0.2) is 5.90 Å². The number of aliphatic imine (C=N–C) groups is 1. The standard InChI is InChI=1S/C15H15ClN2O4/c1-8(5-13(19)20)15(22-2)18-12-6-9-3-4-17-14(21)10(9)7-11(12)16/h3-4,6-8H,5H2,1-2H3,(H,17,21)(H,19,20)/t8-/m1/s1. The summed E-state index contributed by atoms with van der Waals surface area (Å²) < 4.78 is 5.17. The van der Waals surface area contributed by atoms with Gasteiger partial charge in [-0.25, -0.2) is 4.99 Å². The largest absolute Gasteiger partial charge is 0.484 e. The zero-order valence-corrected chi connectivity index (χ0v) is 12.8. The summed E-state index contributed by atoms with van der Waals surface area (Å²) in [7, 11) is 1.43. The van der Waals surface area contributed by atoms with Gasteiger partial charge in [-0.15, -0.1) is 0 Å². The predicted molar refractivity (Wildman–Crippen MR) is 85.1 cm³/mol. The van der Waals surface area contributed by atoms with Crippen LogP contribution in [0.3, 0.4) is 0 Å². The van der Waals surface area contributed by atoms with Crippen LogP contribution in [0.15, 0.2) is 34.2 Å². The van der Waals surface area contributed by atoms with Crippen molar-refractivity contribution in [1.29, 1.82) is 0 Å². The van der Waals surface area contributed by atoms with Gasteiger partial charge in [-0.05, 0) is 23.6 Å². The van der Waals surface area contributed by atoms with E-state index >= 15 is 0 Å². The number of fused-ring (bicyclic) bond motifs is 1. The summed E-state index contributed by atoms with van der Waals surface area (Å²) >= 11 is 6.15. The van der Waals surface area contributed by atoms with Gasteiger partial charge in [0.2, 0.25) is 0 Å². The van der Waals surface area contributed by atoms with Crippen LogP contribution in [0.5, 0.6) is 0 Å². The highest BCUT2D eigenvalue weighted by molar-refractivity contribution is 6.34. The van der Waals surface area contributed by atoms with E-state index in [-0.39, 0.29) is 17.9 Å². The molecule has 0 unspecified atom stereocenters. The van der Waals surface area contributed by atoms with Crippen molar-refractivity contribution in [3.05, 3.63) is 39.8 Å². The molecule has 1 heterocycles. The number of halogens is 1. The smallest absolute Gasteiger partial charge is 0.304 e. The minimum atomic E-state index is -0.937. The zero-order valence-electron chi connectivity index (χ0n) is 12.1. The molecule has 7 heteroatoms. The highest BCUT2D eigenvalue weighted by atomic mass is 35.5. The Kier molecular flexibility index (Phi) is 4.82. The minimum Gasteiger partial charge on any atom is -0.484 e. The van der Waals surface area contributed by atoms with Gasteiger partial charge in [0, 0.05) is 17.5 Å². The van der Waals surface area contributed by atoms with Gasteiger partial charge in [0.05, 0.1) is 24.2 Å². The molecule has 0 aliphatic carbocycles. The molecule has 1 aromatic heterocycles. The molecule has 0 aliphatic heterocycles. The number of ether oxygens (including phenoxy) is 1. The van der Waals surface area contributed by atoms with Crippen LogP contribution in [0.25, 0.3) is 10.8 Å². The van der Waals surface area contributed by atoms with Crippen molar-refractivity contribution < 1.29 is 14.6 Å². The number of aromatic nitrogens is 1. The molecule has 0 radical (unpaired) electrons. The lowest BCUT2D eigenvalue weighted by Gasteiger charge is -2.12. The second kappa shape index (κ2) is 6.62. The number of rotatable bonds is 4. The summed E-state index contributed by atoms with van der Waals surface area (Å²) in [5.41, 5.74) is 0.190. The Balaban J connectivity index is 2.49.